The molecule has 1 atom stereocenters. The molecule has 1 fully saturated rings. The minimum Gasteiger partial charge on any atom is -0.490 e. The number of rotatable bonds is 7. The molecule has 0 bridgehead atoms. The Kier molecular flexibility index (Phi) is 6.14. The molecule has 3 heterocycles. The number of ether oxygens (including phenoxy) is 1. The highest BCUT2D eigenvalue weighted by molar-refractivity contribution is 5.83. The number of carbonyl (C=O) groups is 2. The topological polar surface area (TPSA) is 84.4 Å². The van der Waals surface area contributed by atoms with Gasteiger partial charge in [0.05, 0.1) is 30.9 Å². The van der Waals surface area contributed by atoms with Gasteiger partial charge in [-0.2, -0.15) is 0 Å². The predicted molar refractivity (Wildman–Crippen MR) is 95.1 cm³/mol. The van der Waals surface area contributed by atoms with E-state index in [1.165, 1.54) is 0 Å². The van der Waals surface area contributed by atoms with E-state index in [1.807, 2.05) is 24.3 Å². The zero-order chi connectivity index (χ0) is 18.2. The highest BCUT2D eigenvalue weighted by atomic mass is 16.5. The Labute approximate surface area is 152 Å². The molecular formula is C19H22N4O3. The molecule has 2 amide bonds. The van der Waals surface area contributed by atoms with Gasteiger partial charge in [-0.1, -0.05) is 6.07 Å². The Bertz CT molecular complexity index is 724. The third-order valence-electron chi connectivity index (χ3n) is 4.25. The first-order valence-corrected chi connectivity index (χ1v) is 8.70. The van der Waals surface area contributed by atoms with Crippen LogP contribution in [-0.2, 0) is 16.1 Å². The van der Waals surface area contributed by atoms with Crippen LogP contribution in [0.1, 0.15) is 18.5 Å². The summed E-state index contributed by atoms with van der Waals surface area (Å²) in [6.07, 6.45) is 5.97. The third-order valence-corrected chi connectivity index (χ3v) is 4.25. The van der Waals surface area contributed by atoms with E-state index in [9.17, 15) is 9.59 Å². The van der Waals surface area contributed by atoms with Crippen molar-refractivity contribution >= 4 is 11.8 Å². The van der Waals surface area contributed by atoms with E-state index in [4.69, 9.17) is 4.74 Å². The molecule has 0 radical (unpaired) electrons. The Morgan fingerprint density at radius 3 is 2.96 bits per heavy atom. The molecule has 0 aliphatic carbocycles. The van der Waals surface area contributed by atoms with Gasteiger partial charge in [0.2, 0.25) is 11.8 Å². The summed E-state index contributed by atoms with van der Waals surface area (Å²) in [6, 6.07) is 9.22. The third kappa shape index (κ3) is 5.02. The fourth-order valence-corrected chi connectivity index (χ4v) is 2.89. The molecular weight excluding hydrogens is 332 g/mol. The van der Waals surface area contributed by atoms with Crippen LogP contribution in [-0.4, -0.2) is 46.4 Å². The standard InChI is InChI=1S/C19H22N4O3/c24-18-7-6-15(13-23(18)14-16-4-1-2-9-21-16)19(25)22-10-11-26-17-5-3-8-20-12-17/h1-5,8-9,12,15H,6-7,10-11,13-14H2,(H,22,25)/t15-/m1/s1. The number of likely N-dealkylation sites (tertiary alicyclic amines) is 1. The van der Waals surface area contributed by atoms with Crippen LogP contribution >= 0.6 is 0 Å². The van der Waals surface area contributed by atoms with Crippen molar-refractivity contribution in [3.05, 3.63) is 54.6 Å². The maximum absolute atomic E-state index is 12.4. The second-order valence-corrected chi connectivity index (χ2v) is 6.16. The van der Waals surface area contributed by atoms with E-state index in [0.717, 1.165) is 5.69 Å². The summed E-state index contributed by atoms with van der Waals surface area (Å²) in [6.45, 7) is 1.65. The molecule has 2 aromatic heterocycles. The number of aromatic nitrogens is 2. The van der Waals surface area contributed by atoms with Crippen molar-refractivity contribution in [2.24, 2.45) is 5.92 Å². The van der Waals surface area contributed by atoms with Crippen molar-refractivity contribution in [2.45, 2.75) is 19.4 Å². The van der Waals surface area contributed by atoms with Crippen LogP contribution in [0.15, 0.2) is 48.9 Å². The van der Waals surface area contributed by atoms with E-state index in [1.54, 1.807) is 29.6 Å². The molecule has 2 aromatic rings. The zero-order valence-electron chi connectivity index (χ0n) is 14.5. The van der Waals surface area contributed by atoms with Gasteiger partial charge in [0.1, 0.15) is 12.4 Å². The number of hydrogen-bond acceptors (Lipinski definition) is 5. The molecule has 3 rings (SSSR count). The number of amides is 2. The van der Waals surface area contributed by atoms with Crippen LogP contribution in [0.2, 0.25) is 0 Å². The van der Waals surface area contributed by atoms with Gasteiger partial charge in [0, 0.05) is 25.4 Å². The minimum atomic E-state index is -0.199. The lowest BCUT2D eigenvalue weighted by Gasteiger charge is -2.31. The second kappa shape index (κ2) is 8.94. The largest absolute Gasteiger partial charge is 0.490 e. The van der Waals surface area contributed by atoms with Crippen molar-refractivity contribution in [3.8, 4) is 5.75 Å². The van der Waals surface area contributed by atoms with Crippen LogP contribution in [0.25, 0.3) is 0 Å². The molecule has 0 unspecified atom stereocenters. The number of piperidine rings is 1. The Morgan fingerprint density at radius 1 is 1.27 bits per heavy atom. The first-order valence-electron chi connectivity index (χ1n) is 8.70. The van der Waals surface area contributed by atoms with Crippen molar-refractivity contribution in [1.82, 2.24) is 20.2 Å². The molecule has 1 aliphatic rings. The van der Waals surface area contributed by atoms with E-state index < -0.39 is 0 Å². The molecule has 0 aromatic carbocycles. The van der Waals surface area contributed by atoms with Crippen molar-refractivity contribution in [3.63, 3.8) is 0 Å². The Balaban J connectivity index is 1.44. The van der Waals surface area contributed by atoms with Gasteiger partial charge >= 0.3 is 0 Å². The molecule has 7 heteroatoms. The second-order valence-electron chi connectivity index (χ2n) is 6.16. The van der Waals surface area contributed by atoms with Gasteiger partial charge in [0.15, 0.2) is 0 Å². The lowest BCUT2D eigenvalue weighted by atomic mass is 9.96. The Hall–Kier alpha value is -2.96. The van der Waals surface area contributed by atoms with Gasteiger partial charge in [-0.25, -0.2) is 0 Å². The smallest absolute Gasteiger partial charge is 0.225 e. The summed E-state index contributed by atoms with van der Waals surface area (Å²) in [4.78, 5) is 34.4. The van der Waals surface area contributed by atoms with Gasteiger partial charge in [0.25, 0.3) is 0 Å². The summed E-state index contributed by atoms with van der Waals surface area (Å²) >= 11 is 0. The van der Waals surface area contributed by atoms with E-state index in [2.05, 4.69) is 15.3 Å². The predicted octanol–water partition coefficient (Wildman–Crippen LogP) is 1.41. The molecule has 136 valence electrons. The lowest BCUT2D eigenvalue weighted by Crippen LogP contribution is -2.46. The summed E-state index contributed by atoms with van der Waals surface area (Å²) in [7, 11) is 0. The molecule has 1 aliphatic heterocycles. The highest BCUT2D eigenvalue weighted by Gasteiger charge is 2.30. The number of carbonyl (C=O) groups excluding carboxylic acids is 2. The van der Waals surface area contributed by atoms with Crippen molar-refractivity contribution in [2.75, 3.05) is 19.7 Å². The van der Waals surface area contributed by atoms with E-state index in [0.29, 0.717) is 44.8 Å². The summed E-state index contributed by atoms with van der Waals surface area (Å²) in [5.74, 6) is 0.499. The molecule has 26 heavy (non-hydrogen) atoms. The molecule has 7 nitrogen and oxygen atoms in total. The first-order chi connectivity index (χ1) is 12.7. The quantitative estimate of drug-likeness (QED) is 0.760. The van der Waals surface area contributed by atoms with E-state index >= 15 is 0 Å². The SMILES string of the molecule is O=C(NCCOc1cccnc1)[C@@H]1CCC(=O)N(Cc2ccccn2)C1. The lowest BCUT2D eigenvalue weighted by molar-refractivity contribution is -0.139. The van der Waals surface area contributed by atoms with Crippen LogP contribution in [0.5, 0.6) is 5.75 Å². The molecule has 1 N–H and O–H groups in total. The van der Waals surface area contributed by atoms with Gasteiger partial charge in [-0.3, -0.25) is 19.6 Å². The van der Waals surface area contributed by atoms with Gasteiger partial charge in [-0.05, 0) is 30.7 Å². The van der Waals surface area contributed by atoms with Gasteiger partial charge in [-0.15, -0.1) is 0 Å². The van der Waals surface area contributed by atoms with Crippen LogP contribution < -0.4 is 10.1 Å². The van der Waals surface area contributed by atoms with Crippen LogP contribution in [0, 0.1) is 5.92 Å². The fraction of sp³-hybridized carbons (Fsp3) is 0.368. The normalized spacial score (nSPS) is 17.0. The minimum absolute atomic E-state index is 0.0432. The van der Waals surface area contributed by atoms with Crippen molar-refractivity contribution in [1.29, 1.82) is 0 Å². The number of nitrogens with zero attached hydrogens (tertiary/aromatic N) is 3. The fourth-order valence-electron chi connectivity index (χ4n) is 2.89. The van der Waals surface area contributed by atoms with Crippen molar-refractivity contribution < 1.29 is 14.3 Å². The average molecular weight is 354 g/mol. The molecule has 1 saturated heterocycles. The van der Waals surface area contributed by atoms with Gasteiger partial charge < -0.3 is 15.0 Å². The monoisotopic (exact) mass is 354 g/mol. The van der Waals surface area contributed by atoms with Crippen LogP contribution in [0.4, 0.5) is 0 Å². The summed E-state index contributed by atoms with van der Waals surface area (Å²) < 4.78 is 5.51. The number of hydrogen-bond donors (Lipinski definition) is 1. The number of pyridine rings is 2. The number of nitrogens with one attached hydrogen (secondary N) is 1. The zero-order valence-corrected chi connectivity index (χ0v) is 14.5. The average Bonchev–Trinajstić information content (AvgIpc) is 2.68. The molecule has 0 saturated carbocycles. The highest BCUT2D eigenvalue weighted by Crippen LogP contribution is 2.19. The van der Waals surface area contributed by atoms with E-state index in [-0.39, 0.29) is 17.7 Å². The maximum atomic E-state index is 12.4. The maximum Gasteiger partial charge on any atom is 0.225 e. The Morgan fingerprint density at radius 2 is 2.19 bits per heavy atom. The van der Waals surface area contributed by atoms with Crippen LogP contribution in [0.3, 0.4) is 0 Å². The molecule has 0 spiro atoms. The summed E-state index contributed by atoms with van der Waals surface area (Å²) in [5.41, 5.74) is 0.826. The first kappa shape index (κ1) is 17.8. The summed E-state index contributed by atoms with van der Waals surface area (Å²) in [5, 5.41) is 2.88.